The molecule has 2 rings (SSSR count). The normalized spacial score (nSPS) is 29.2. The molecule has 0 spiro atoms. The zero-order chi connectivity index (χ0) is 11.6. The van der Waals surface area contributed by atoms with Gasteiger partial charge in [-0.1, -0.05) is 44.9 Å². The third-order valence-corrected chi connectivity index (χ3v) is 4.80. The van der Waals surface area contributed by atoms with E-state index in [1.165, 1.54) is 37.3 Å². The van der Waals surface area contributed by atoms with Crippen molar-refractivity contribution in [3.63, 3.8) is 0 Å². The molecule has 2 nitrogen and oxygen atoms in total. The van der Waals surface area contributed by atoms with Gasteiger partial charge in [0, 0.05) is 11.3 Å². The summed E-state index contributed by atoms with van der Waals surface area (Å²) in [7, 11) is 0. The fourth-order valence-electron chi connectivity index (χ4n) is 2.51. The van der Waals surface area contributed by atoms with E-state index in [-0.39, 0.29) is 0 Å². The molecular formula is C13H24N2S. The Labute approximate surface area is 104 Å². The predicted molar refractivity (Wildman–Crippen MR) is 73.1 cm³/mol. The molecule has 16 heavy (non-hydrogen) atoms. The van der Waals surface area contributed by atoms with E-state index in [0.717, 1.165) is 5.75 Å². The highest BCUT2D eigenvalue weighted by Gasteiger charge is 2.30. The first-order valence-corrected chi connectivity index (χ1v) is 7.56. The monoisotopic (exact) mass is 240 g/mol. The lowest BCUT2D eigenvalue weighted by atomic mass is 9.83. The van der Waals surface area contributed by atoms with Crippen LogP contribution >= 0.6 is 11.8 Å². The van der Waals surface area contributed by atoms with E-state index < -0.39 is 0 Å². The molecule has 1 saturated carbocycles. The highest BCUT2D eigenvalue weighted by molar-refractivity contribution is 8.14. The smallest absolute Gasteiger partial charge is 0.157 e. The third-order valence-electron chi connectivity index (χ3n) is 3.81. The van der Waals surface area contributed by atoms with Crippen molar-refractivity contribution in [2.24, 2.45) is 10.9 Å². The standard InChI is InChI=1S/C13H24N2S/c1-10(2)11-9-16-12(14-11)15-13(3)7-5-4-6-8-13/h10-11H,4-9H2,1-3H3,(H,14,15). The lowest BCUT2D eigenvalue weighted by molar-refractivity contribution is 0.292. The average Bonchev–Trinajstić information content (AvgIpc) is 2.66. The van der Waals surface area contributed by atoms with Crippen LogP contribution in [0.1, 0.15) is 52.9 Å². The maximum atomic E-state index is 4.80. The number of hydrogen-bond acceptors (Lipinski definition) is 3. The van der Waals surface area contributed by atoms with Gasteiger partial charge in [-0.05, 0) is 25.7 Å². The lowest BCUT2D eigenvalue weighted by Crippen LogP contribution is -2.45. The van der Waals surface area contributed by atoms with Crippen LogP contribution < -0.4 is 5.32 Å². The second-order valence-corrected chi connectivity index (χ2v) is 6.81. The second-order valence-electron chi connectivity index (χ2n) is 5.80. The summed E-state index contributed by atoms with van der Waals surface area (Å²) in [6.45, 7) is 6.89. The molecule has 3 heteroatoms. The molecule has 0 bridgehead atoms. The van der Waals surface area contributed by atoms with Crippen molar-refractivity contribution in [2.75, 3.05) is 5.75 Å². The van der Waals surface area contributed by atoms with Crippen molar-refractivity contribution in [1.29, 1.82) is 0 Å². The van der Waals surface area contributed by atoms with Crippen LogP contribution in [0.15, 0.2) is 4.99 Å². The quantitative estimate of drug-likeness (QED) is 0.799. The summed E-state index contributed by atoms with van der Waals surface area (Å²) in [5, 5.41) is 4.89. The molecule has 0 amide bonds. The minimum Gasteiger partial charge on any atom is -0.360 e. The molecule has 0 aromatic heterocycles. The van der Waals surface area contributed by atoms with Crippen molar-refractivity contribution in [3.05, 3.63) is 0 Å². The third kappa shape index (κ3) is 2.93. The lowest BCUT2D eigenvalue weighted by Gasteiger charge is -2.35. The van der Waals surface area contributed by atoms with Gasteiger partial charge in [0.05, 0.1) is 6.04 Å². The molecule has 1 unspecified atom stereocenters. The summed E-state index contributed by atoms with van der Waals surface area (Å²) in [5.74, 6) is 1.83. The number of hydrogen-bond donors (Lipinski definition) is 1. The van der Waals surface area contributed by atoms with Gasteiger partial charge in [-0.3, -0.25) is 4.99 Å². The van der Waals surface area contributed by atoms with Crippen LogP contribution in [0.2, 0.25) is 0 Å². The Morgan fingerprint density at radius 3 is 2.56 bits per heavy atom. The molecule has 2 aliphatic rings. The Kier molecular flexibility index (Phi) is 3.83. The van der Waals surface area contributed by atoms with E-state index in [0.29, 0.717) is 17.5 Å². The van der Waals surface area contributed by atoms with Crippen molar-refractivity contribution in [1.82, 2.24) is 5.32 Å². The Morgan fingerprint density at radius 1 is 1.31 bits per heavy atom. The fourth-order valence-corrected chi connectivity index (χ4v) is 3.83. The van der Waals surface area contributed by atoms with Crippen molar-refractivity contribution in [2.45, 2.75) is 64.5 Å². The van der Waals surface area contributed by atoms with E-state index in [4.69, 9.17) is 4.99 Å². The van der Waals surface area contributed by atoms with E-state index in [2.05, 4.69) is 26.1 Å². The van der Waals surface area contributed by atoms with Crippen molar-refractivity contribution >= 4 is 16.9 Å². The highest BCUT2D eigenvalue weighted by Crippen LogP contribution is 2.30. The van der Waals surface area contributed by atoms with Crippen LogP contribution in [0.25, 0.3) is 0 Å². The van der Waals surface area contributed by atoms with Gasteiger partial charge in [0.25, 0.3) is 0 Å². The maximum Gasteiger partial charge on any atom is 0.157 e. The number of rotatable bonds is 2. The first kappa shape index (κ1) is 12.3. The van der Waals surface area contributed by atoms with Crippen LogP contribution in [0.3, 0.4) is 0 Å². The van der Waals surface area contributed by atoms with Crippen molar-refractivity contribution in [3.8, 4) is 0 Å². The molecule has 0 saturated heterocycles. The summed E-state index contributed by atoms with van der Waals surface area (Å²) in [5.41, 5.74) is 0.315. The average molecular weight is 240 g/mol. The summed E-state index contributed by atoms with van der Waals surface area (Å²) in [6.07, 6.45) is 6.76. The topological polar surface area (TPSA) is 24.4 Å². The maximum absolute atomic E-state index is 4.80. The molecule has 1 heterocycles. The van der Waals surface area contributed by atoms with Gasteiger partial charge in [0.1, 0.15) is 0 Å². The van der Waals surface area contributed by atoms with Gasteiger partial charge in [-0.15, -0.1) is 0 Å². The van der Waals surface area contributed by atoms with E-state index in [1.807, 2.05) is 11.8 Å². The fraction of sp³-hybridized carbons (Fsp3) is 0.923. The first-order valence-electron chi connectivity index (χ1n) is 6.58. The Bertz CT molecular complexity index is 267. The molecule has 1 atom stereocenters. The number of aliphatic imine (C=N–C) groups is 1. The zero-order valence-electron chi connectivity index (χ0n) is 10.8. The Balaban J connectivity index is 1.92. The summed E-state index contributed by atoms with van der Waals surface area (Å²) in [6, 6.07) is 0.527. The molecule has 1 N–H and O–H groups in total. The molecule has 1 aliphatic carbocycles. The summed E-state index contributed by atoms with van der Waals surface area (Å²) in [4.78, 5) is 4.80. The number of amidine groups is 1. The van der Waals surface area contributed by atoms with Crippen LogP contribution in [-0.4, -0.2) is 22.5 Å². The number of nitrogens with one attached hydrogen (secondary N) is 1. The number of thioether (sulfide) groups is 1. The van der Waals surface area contributed by atoms with Gasteiger partial charge in [0.2, 0.25) is 0 Å². The largest absolute Gasteiger partial charge is 0.360 e. The highest BCUT2D eigenvalue weighted by atomic mass is 32.2. The van der Waals surface area contributed by atoms with Gasteiger partial charge in [0.15, 0.2) is 5.17 Å². The second kappa shape index (κ2) is 4.99. The Hall–Kier alpha value is -0.180. The summed E-state index contributed by atoms with van der Waals surface area (Å²) < 4.78 is 0. The predicted octanol–water partition coefficient (Wildman–Crippen LogP) is 3.43. The molecule has 0 aromatic rings. The number of nitrogens with zero attached hydrogens (tertiary/aromatic N) is 1. The van der Waals surface area contributed by atoms with Gasteiger partial charge >= 0.3 is 0 Å². The minimum atomic E-state index is 0.315. The first-order chi connectivity index (χ1) is 7.59. The molecule has 0 aromatic carbocycles. The van der Waals surface area contributed by atoms with Gasteiger partial charge in [-0.25, -0.2) is 0 Å². The Morgan fingerprint density at radius 2 is 2.00 bits per heavy atom. The van der Waals surface area contributed by atoms with E-state index in [1.54, 1.807) is 0 Å². The van der Waals surface area contributed by atoms with Crippen LogP contribution in [-0.2, 0) is 0 Å². The van der Waals surface area contributed by atoms with Gasteiger partial charge in [-0.2, -0.15) is 0 Å². The molecule has 1 fully saturated rings. The molecule has 92 valence electrons. The summed E-state index contributed by atoms with van der Waals surface area (Å²) >= 11 is 1.91. The van der Waals surface area contributed by atoms with E-state index >= 15 is 0 Å². The van der Waals surface area contributed by atoms with Crippen molar-refractivity contribution < 1.29 is 0 Å². The van der Waals surface area contributed by atoms with Crippen LogP contribution in [0.5, 0.6) is 0 Å². The molecule has 1 aliphatic heterocycles. The van der Waals surface area contributed by atoms with Crippen LogP contribution in [0, 0.1) is 5.92 Å². The minimum absolute atomic E-state index is 0.315. The van der Waals surface area contributed by atoms with Crippen LogP contribution in [0.4, 0.5) is 0 Å². The van der Waals surface area contributed by atoms with E-state index in [9.17, 15) is 0 Å². The molecular weight excluding hydrogens is 216 g/mol. The van der Waals surface area contributed by atoms with Gasteiger partial charge < -0.3 is 5.32 Å². The zero-order valence-corrected chi connectivity index (χ0v) is 11.6. The molecule has 0 radical (unpaired) electrons. The SMILES string of the molecule is CC(C)C1CSC(NC2(C)CCCCC2)=N1.